The molecule has 1 aromatic rings. The maximum Gasteiger partial charge on any atom is 0.251 e. The van der Waals surface area contributed by atoms with E-state index in [9.17, 15) is 4.79 Å². The molecule has 5 nitrogen and oxygen atoms in total. The second-order valence-corrected chi connectivity index (χ2v) is 4.21. The molecule has 100 valence electrons. The molecule has 0 spiro atoms. The zero-order chi connectivity index (χ0) is 13.5. The lowest BCUT2D eigenvalue weighted by Gasteiger charge is -2.16. The quantitative estimate of drug-likeness (QED) is 0.669. The molecular formula is C13H21N3O2. The topological polar surface area (TPSA) is 76.4 Å². The first-order valence-corrected chi connectivity index (χ1v) is 5.95. The van der Waals surface area contributed by atoms with Crippen LogP contribution in [0, 0.1) is 0 Å². The number of amides is 1. The Morgan fingerprint density at radius 3 is 2.78 bits per heavy atom. The van der Waals surface area contributed by atoms with Crippen LogP contribution in [-0.2, 0) is 4.74 Å². The van der Waals surface area contributed by atoms with Gasteiger partial charge in [0.05, 0.1) is 11.4 Å². The van der Waals surface area contributed by atoms with Gasteiger partial charge in [0.15, 0.2) is 0 Å². The molecule has 1 atom stereocenters. The number of hydrogen-bond acceptors (Lipinski definition) is 4. The van der Waals surface area contributed by atoms with Crippen molar-refractivity contribution in [2.75, 3.05) is 31.8 Å². The van der Waals surface area contributed by atoms with Crippen LogP contribution in [0.1, 0.15) is 23.7 Å². The lowest BCUT2D eigenvalue weighted by atomic mass is 10.1. The predicted molar refractivity (Wildman–Crippen MR) is 73.8 cm³/mol. The van der Waals surface area contributed by atoms with Gasteiger partial charge in [0, 0.05) is 32.4 Å². The van der Waals surface area contributed by atoms with Crippen molar-refractivity contribution < 1.29 is 9.53 Å². The number of nitrogens with one attached hydrogen (secondary N) is 2. The smallest absolute Gasteiger partial charge is 0.251 e. The monoisotopic (exact) mass is 251 g/mol. The summed E-state index contributed by atoms with van der Waals surface area (Å²) in [5.74, 6) is -0.138. The van der Waals surface area contributed by atoms with E-state index in [-0.39, 0.29) is 11.9 Å². The van der Waals surface area contributed by atoms with Gasteiger partial charge in [-0.15, -0.1) is 0 Å². The highest BCUT2D eigenvalue weighted by Gasteiger charge is 2.08. The van der Waals surface area contributed by atoms with Crippen molar-refractivity contribution >= 4 is 17.3 Å². The lowest BCUT2D eigenvalue weighted by Crippen LogP contribution is -2.20. The van der Waals surface area contributed by atoms with E-state index in [1.165, 1.54) is 0 Å². The predicted octanol–water partition coefficient (Wildman–Crippen LogP) is 1.47. The summed E-state index contributed by atoms with van der Waals surface area (Å²) >= 11 is 0. The molecule has 0 saturated heterocycles. The highest BCUT2D eigenvalue weighted by molar-refractivity contribution is 5.95. The van der Waals surface area contributed by atoms with Gasteiger partial charge >= 0.3 is 0 Å². The minimum Gasteiger partial charge on any atom is -0.397 e. The molecular weight excluding hydrogens is 230 g/mol. The van der Waals surface area contributed by atoms with E-state index in [2.05, 4.69) is 17.6 Å². The molecule has 0 heterocycles. The number of methoxy groups -OCH3 is 1. The van der Waals surface area contributed by atoms with Crippen LogP contribution >= 0.6 is 0 Å². The molecule has 1 unspecified atom stereocenters. The summed E-state index contributed by atoms with van der Waals surface area (Å²) in [5.41, 5.74) is 7.89. The van der Waals surface area contributed by atoms with Gasteiger partial charge in [-0.05, 0) is 31.5 Å². The third-order valence-corrected chi connectivity index (χ3v) is 2.70. The number of benzene rings is 1. The summed E-state index contributed by atoms with van der Waals surface area (Å²) in [4.78, 5) is 11.4. The Bertz CT molecular complexity index is 407. The molecule has 4 N–H and O–H groups in total. The molecule has 0 radical (unpaired) electrons. The van der Waals surface area contributed by atoms with Crippen LogP contribution < -0.4 is 16.4 Å². The first-order chi connectivity index (χ1) is 8.58. The largest absolute Gasteiger partial charge is 0.397 e. The first-order valence-electron chi connectivity index (χ1n) is 5.95. The number of nitrogen functional groups attached to an aromatic ring is 1. The van der Waals surface area contributed by atoms with Crippen LogP contribution in [0.2, 0.25) is 0 Å². The number of nitrogens with two attached hydrogens (primary N) is 1. The van der Waals surface area contributed by atoms with Crippen molar-refractivity contribution in [1.82, 2.24) is 5.32 Å². The molecule has 1 rings (SSSR count). The molecule has 5 heteroatoms. The van der Waals surface area contributed by atoms with E-state index < -0.39 is 0 Å². The lowest BCUT2D eigenvalue weighted by molar-refractivity contribution is 0.0963. The zero-order valence-electron chi connectivity index (χ0n) is 11.1. The average Bonchev–Trinajstić information content (AvgIpc) is 2.37. The molecule has 1 aromatic carbocycles. The molecule has 0 aliphatic carbocycles. The Kier molecular flexibility index (Phi) is 5.45. The third-order valence-electron chi connectivity index (χ3n) is 2.70. The molecule has 0 bridgehead atoms. The molecule has 0 fully saturated rings. The second kappa shape index (κ2) is 6.86. The summed E-state index contributed by atoms with van der Waals surface area (Å²) in [6, 6.07) is 5.51. The van der Waals surface area contributed by atoms with Crippen molar-refractivity contribution in [3.8, 4) is 0 Å². The van der Waals surface area contributed by atoms with E-state index >= 15 is 0 Å². The third kappa shape index (κ3) is 3.92. The van der Waals surface area contributed by atoms with Gasteiger partial charge in [0.1, 0.15) is 0 Å². The number of hydrogen-bond donors (Lipinski definition) is 3. The standard InChI is InChI=1S/C13H21N3O2/c1-9(6-7-18-3)16-12-5-4-10(8-11(12)14)13(17)15-2/h4-5,8-9,16H,6-7,14H2,1-3H3,(H,15,17). The number of carbonyl (C=O) groups excluding carboxylic acids is 1. The van der Waals surface area contributed by atoms with Gasteiger partial charge in [0.2, 0.25) is 0 Å². The summed E-state index contributed by atoms with van der Waals surface area (Å²) in [7, 11) is 3.27. The normalized spacial score (nSPS) is 11.9. The summed E-state index contributed by atoms with van der Waals surface area (Å²) in [6.07, 6.45) is 0.896. The van der Waals surface area contributed by atoms with Gasteiger partial charge in [-0.1, -0.05) is 0 Å². The fourth-order valence-electron chi connectivity index (χ4n) is 1.61. The maximum absolute atomic E-state index is 11.4. The first kappa shape index (κ1) is 14.3. The van der Waals surface area contributed by atoms with Crippen molar-refractivity contribution in [1.29, 1.82) is 0 Å². The van der Waals surface area contributed by atoms with Crippen LogP contribution in [0.5, 0.6) is 0 Å². The fraction of sp³-hybridized carbons (Fsp3) is 0.462. The van der Waals surface area contributed by atoms with Gasteiger partial charge < -0.3 is 21.1 Å². The number of ether oxygens (including phenoxy) is 1. The highest BCUT2D eigenvalue weighted by Crippen LogP contribution is 2.21. The molecule has 0 aliphatic heterocycles. The van der Waals surface area contributed by atoms with Crippen molar-refractivity contribution in [3.05, 3.63) is 23.8 Å². The number of carbonyl (C=O) groups is 1. The van der Waals surface area contributed by atoms with E-state index in [0.717, 1.165) is 12.1 Å². The van der Waals surface area contributed by atoms with E-state index in [4.69, 9.17) is 10.5 Å². The zero-order valence-corrected chi connectivity index (χ0v) is 11.1. The van der Waals surface area contributed by atoms with Crippen molar-refractivity contribution in [2.45, 2.75) is 19.4 Å². The van der Waals surface area contributed by atoms with Crippen LogP contribution in [0.4, 0.5) is 11.4 Å². The van der Waals surface area contributed by atoms with Crippen LogP contribution in [-0.4, -0.2) is 32.7 Å². The molecule has 0 saturated carbocycles. The van der Waals surface area contributed by atoms with Crippen molar-refractivity contribution in [2.24, 2.45) is 0 Å². The second-order valence-electron chi connectivity index (χ2n) is 4.21. The van der Waals surface area contributed by atoms with Crippen LogP contribution in [0.3, 0.4) is 0 Å². The highest BCUT2D eigenvalue weighted by atomic mass is 16.5. The summed E-state index contributed by atoms with van der Waals surface area (Å²) in [5, 5.41) is 5.86. The minimum atomic E-state index is -0.138. The molecule has 1 amide bonds. The Labute approximate surface area is 108 Å². The molecule has 18 heavy (non-hydrogen) atoms. The summed E-state index contributed by atoms with van der Waals surface area (Å²) in [6.45, 7) is 2.76. The summed E-state index contributed by atoms with van der Waals surface area (Å²) < 4.78 is 5.02. The Hall–Kier alpha value is -1.75. The Balaban J connectivity index is 2.70. The van der Waals surface area contributed by atoms with Crippen LogP contribution in [0.25, 0.3) is 0 Å². The molecule has 0 aromatic heterocycles. The van der Waals surface area contributed by atoms with E-state index in [1.54, 1.807) is 26.3 Å². The van der Waals surface area contributed by atoms with Gasteiger partial charge in [0.25, 0.3) is 5.91 Å². The maximum atomic E-state index is 11.4. The molecule has 0 aliphatic rings. The number of rotatable bonds is 6. The Morgan fingerprint density at radius 1 is 1.50 bits per heavy atom. The van der Waals surface area contributed by atoms with Gasteiger partial charge in [-0.3, -0.25) is 4.79 Å². The minimum absolute atomic E-state index is 0.138. The van der Waals surface area contributed by atoms with Crippen molar-refractivity contribution in [3.63, 3.8) is 0 Å². The van der Waals surface area contributed by atoms with Crippen LogP contribution in [0.15, 0.2) is 18.2 Å². The Morgan fingerprint density at radius 2 is 2.22 bits per heavy atom. The fourth-order valence-corrected chi connectivity index (χ4v) is 1.61. The average molecular weight is 251 g/mol. The van der Waals surface area contributed by atoms with Gasteiger partial charge in [-0.25, -0.2) is 0 Å². The van der Waals surface area contributed by atoms with Gasteiger partial charge in [-0.2, -0.15) is 0 Å². The van der Waals surface area contributed by atoms with E-state index in [1.807, 2.05) is 6.07 Å². The SMILES string of the molecule is CNC(=O)c1ccc(NC(C)CCOC)c(N)c1. The number of anilines is 2. The van der Waals surface area contributed by atoms with E-state index in [0.29, 0.717) is 17.9 Å².